The maximum atomic E-state index is 2.65. The largest absolute Gasteiger partial charge is 0.372 e. The number of hydrogen-bond donors (Lipinski definition) is 0. The minimum atomic E-state index is 0.537. The zero-order valence-corrected chi connectivity index (χ0v) is 14.0. The highest BCUT2D eigenvalue weighted by molar-refractivity contribution is 5.43. The first kappa shape index (κ1) is 14.8. The van der Waals surface area contributed by atoms with E-state index in [1.54, 1.807) is 11.3 Å². The Morgan fingerprint density at radius 1 is 1.09 bits per heavy atom. The van der Waals surface area contributed by atoms with Crippen LogP contribution in [0, 0.1) is 5.92 Å². The molecule has 4 rings (SSSR count). The minimum absolute atomic E-state index is 0.537. The molecule has 0 amide bonds. The maximum Gasteiger partial charge on any atom is 0.0387 e. The quantitative estimate of drug-likeness (QED) is 0.838. The van der Waals surface area contributed by atoms with Crippen LogP contribution < -0.4 is 0 Å². The van der Waals surface area contributed by atoms with Crippen molar-refractivity contribution in [3.05, 3.63) is 71.5 Å². The second kappa shape index (κ2) is 6.37. The molecule has 0 N–H and O–H groups in total. The van der Waals surface area contributed by atoms with Crippen molar-refractivity contribution in [1.29, 1.82) is 0 Å². The van der Waals surface area contributed by atoms with Crippen LogP contribution in [0.1, 0.15) is 24.8 Å². The Morgan fingerprint density at radius 2 is 1.96 bits per heavy atom. The highest BCUT2D eigenvalue weighted by Gasteiger charge is 2.36. The lowest BCUT2D eigenvalue weighted by Gasteiger charge is -2.47. The van der Waals surface area contributed by atoms with Crippen molar-refractivity contribution in [2.45, 2.75) is 19.3 Å². The molecule has 2 aliphatic heterocycles. The number of rotatable bonds is 3. The third-order valence-electron chi connectivity index (χ3n) is 5.46. The van der Waals surface area contributed by atoms with Crippen molar-refractivity contribution >= 4 is 0 Å². The number of benzene rings is 1. The molecule has 23 heavy (non-hydrogen) atoms. The van der Waals surface area contributed by atoms with Crippen molar-refractivity contribution in [3.8, 4) is 0 Å². The molecule has 0 bridgehead atoms. The minimum Gasteiger partial charge on any atom is -0.372 e. The molecule has 0 radical (unpaired) electrons. The summed E-state index contributed by atoms with van der Waals surface area (Å²) in [6.45, 7) is 8.16. The first-order valence-electron chi connectivity index (χ1n) is 8.97. The van der Waals surface area contributed by atoms with Crippen LogP contribution in [-0.2, 0) is 0 Å². The lowest BCUT2D eigenvalue weighted by Crippen LogP contribution is -2.50. The standard InChI is InChI=1S/C21H26N2/c1-2-12-22-13-14-23-15-20(17-8-4-3-5-9-17)18-10-6-7-11-19(18)21(23)16-22/h3-11,18,20H,2,12-16H2,1H3. The van der Waals surface area contributed by atoms with E-state index < -0.39 is 0 Å². The number of nitrogens with zero attached hydrogens (tertiary/aromatic N) is 2. The van der Waals surface area contributed by atoms with Gasteiger partial charge in [0.25, 0.3) is 0 Å². The average molecular weight is 306 g/mol. The number of hydrogen-bond acceptors (Lipinski definition) is 2. The fourth-order valence-corrected chi connectivity index (χ4v) is 4.33. The second-order valence-electron chi connectivity index (χ2n) is 6.91. The van der Waals surface area contributed by atoms with Crippen LogP contribution in [0.2, 0.25) is 0 Å². The predicted octanol–water partition coefficient (Wildman–Crippen LogP) is 3.81. The molecule has 1 aliphatic carbocycles. The molecule has 1 aromatic rings. The van der Waals surface area contributed by atoms with E-state index in [1.165, 1.54) is 31.6 Å². The van der Waals surface area contributed by atoms with Crippen molar-refractivity contribution in [2.75, 3.05) is 32.7 Å². The van der Waals surface area contributed by atoms with Gasteiger partial charge in [-0.25, -0.2) is 0 Å². The van der Waals surface area contributed by atoms with Crippen LogP contribution in [0.25, 0.3) is 0 Å². The number of piperazine rings is 1. The van der Waals surface area contributed by atoms with Gasteiger partial charge in [0.15, 0.2) is 0 Å². The van der Waals surface area contributed by atoms with Crippen molar-refractivity contribution < 1.29 is 0 Å². The van der Waals surface area contributed by atoms with Gasteiger partial charge in [0.05, 0.1) is 0 Å². The lowest BCUT2D eigenvalue weighted by atomic mass is 9.75. The van der Waals surface area contributed by atoms with Gasteiger partial charge < -0.3 is 4.90 Å². The first-order valence-corrected chi connectivity index (χ1v) is 8.97. The summed E-state index contributed by atoms with van der Waals surface area (Å²) in [6, 6.07) is 11.1. The first-order chi connectivity index (χ1) is 11.4. The van der Waals surface area contributed by atoms with Crippen LogP contribution in [0.3, 0.4) is 0 Å². The molecule has 2 heterocycles. The van der Waals surface area contributed by atoms with Crippen LogP contribution in [-0.4, -0.2) is 42.5 Å². The molecule has 1 aromatic carbocycles. The average Bonchev–Trinajstić information content (AvgIpc) is 2.62. The van der Waals surface area contributed by atoms with E-state index in [0.717, 1.165) is 13.1 Å². The summed E-state index contributed by atoms with van der Waals surface area (Å²) >= 11 is 0. The predicted molar refractivity (Wildman–Crippen MR) is 96.3 cm³/mol. The fourth-order valence-electron chi connectivity index (χ4n) is 4.33. The Bertz CT molecular complexity index is 641. The highest BCUT2D eigenvalue weighted by Crippen LogP contribution is 2.42. The third kappa shape index (κ3) is 2.76. The number of fused-ring (bicyclic) bond motifs is 2. The van der Waals surface area contributed by atoms with E-state index in [0.29, 0.717) is 11.8 Å². The molecule has 2 unspecified atom stereocenters. The Balaban J connectivity index is 1.69. The molecule has 3 aliphatic rings. The number of allylic oxidation sites excluding steroid dienone is 5. The maximum absolute atomic E-state index is 2.65. The van der Waals surface area contributed by atoms with Gasteiger partial charge in [-0.15, -0.1) is 0 Å². The van der Waals surface area contributed by atoms with E-state index in [4.69, 9.17) is 0 Å². The smallest absolute Gasteiger partial charge is 0.0387 e. The van der Waals surface area contributed by atoms with Crippen LogP contribution in [0.15, 0.2) is 65.9 Å². The van der Waals surface area contributed by atoms with E-state index in [9.17, 15) is 0 Å². The zero-order valence-electron chi connectivity index (χ0n) is 14.0. The Kier molecular flexibility index (Phi) is 4.09. The summed E-state index contributed by atoms with van der Waals surface area (Å²) < 4.78 is 0. The molecule has 1 fully saturated rings. The van der Waals surface area contributed by atoms with Crippen LogP contribution >= 0.6 is 0 Å². The van der Waals surface area contributed by atoms with Gasteiger partial charge in [0, 0.05) is 43.7 Å². The van der Waals surface area contributed by atoms with Crippen molar-refractivity contribution in [1.82, 2.24) is 9.80 Å². The van der Waals surface area contributed by atoms with Gasteiger partial charge in [0.2, 0.25) is 0 Å². The summed E-state index contributed by atoms with van der Waals surface area (Å²) in [4.78, 5) is 5.27. The van der Waals surface area contributed by atoms with E-state index >= 15 is 0 Å². The van der Waals surface area contributed by atoms with Gasteiger partial charge in [-0.05, 0) is 24.1 Å². The third-order valence-corrected chi connectivity index (χ3v) is 5.46. The summed E-state index contributed by atoms with van der Waals surface area (Å²) in [7, 11) is 0. The summed E-state index contributed by atoms with van der Waals surface area (Å²) in [6.07, 6.45) is 10.5. The Morgan fingerprint density at radius 3 is 2.78 bits per heavy atom. The Labute approximate surface area is 139 Å². The molecule has 1 saturated heterocycles. The van der Waals surface area contributed by atoms with Crippen LogP contribution in [0.5, 0.6) is 0 Å². The molecule has 0 aromatic heterocycles. The molecular formula is C21H26N2. The topological polar surface area (TPSA) is 6.48 Å². The molecule has 2 heteroatoms. The summed E-state index contributed by atoms with van der Waals surface area (Å²) in [5.74, 6) is 1.11. The highest BCUT2D eigenvalue weighted by atomic mass is 15.3. The molecule has 2 atom stereocenters. The van der Waals surface area contributed by atoms with Crippen molar-refractivity contribution in [3.63, 3.8) is 0 Å². The summed E-state index contributed by atoms with van der Waals surface area (Å²) in [5, 5.41) is 0. The normalized spacial score (nSPS) is 27.1. The van der Waals surface area contributed by atoms with Crippen LogP contribution in [0.4, 0.5) is 0 Å². The molecule has 120 valence electrons. The molecule has 0 saturated carbocycles. The van der Waals surface area contributed by atoms with Crippen molar-refractivity contribution in [2.24, 2.45) is 5.92 Å². The molecule has 0 spiro atoms. The molecule has 2 nitrogen and oxygen atoms in total. The van der Waals surface area contributed by atoms with Gasteiger partial charge in [-0.2, -0.15) is 0 Å². The van der Waals surface area contributed by atoms with Gasteiger partial charge in [-0.1, -0.05) is 61.6 Å². The molecular weight excluding hydrogens is 280 g/mol. The summed E-state index contributed by atoms with van der Waals surface area (Å²) in [5.41, 5.74) is 4.60. The van der Waals surface area contributed by atoms with Gasteiger partial charge in [0.1, 0.15) is 0 Å². The van der Waals surface area contributed by atoms with Gasteiger partial charge in [-0.3, -0.25) is 4.90 Å². The van der Waals surface area contributed by atoms with E-state index in [2.05, 4.69) is 71.4 Å². The van der Waals surface area contributed by atoms with Gasteiger partial charge >= 0.3 is 0 Å². The SMILES string of the molecule is CCCN1CCN2CC(c3ccccc3)C3C=CC=CC3=C2C1. The lowest BCUT2D eigenvalue weighted by molar-refractivity contribution is 0.152. The Hall–Kier alpha value is -1.80. The second-order valence-corrected chi connectivity index (χ2v) is 6.91. The van der Waals surface area contributed by atoms with E-state index in [-0.39, 0.29) is 0 Å². The fraction of sp³-hybridized carbons (Fsp3) is 0.429. The monoisotopic (exact) mass is 306 g/mol. The van der Waals surface area contributed by atoms with E-state index in [1.807, 2.05) is 0 Å². The zero-order chi connectivity index (χ0) is 15.6.